The predicted octanol–water partition coefficient (Wildman–Crippen LogP) is 4.75. The van der Waals surface area contributed by atoms with E-state index in [2.05, 4.69) is 15.6 Å². The molecule has 1 heterocycles. The summed E-state index contributed by atoms with van der Waals surface area (Å²) in [5, 5.41) is 6.55. The van der Waals surface area contributed by atoms with Crippen molar-refractivity contribution in [2.24, 2.45) is 0 Å². The first-order valence-corrected chi connectivity index (χ1v) is 8.48. The summed E-state index contributed by atoms with van der Waals surface area (Å²) < 4.78 is 10.6. The number of carbonyl (C=O) groups is 1. The van der Waals surface area contributed by atoms with E-state index in [1.54, 1.807) is 56.8 Å². The number of aromatic nitrogens is 1. The Kier molecular flexibility index (Phi) is 5.78. The van der Waals surface area contributed by atoms with Crippen LogP contribution in [-0.4, -0.2) is 25.1 Å². The number of nitrogens with zero attached hydrogens (tertiary/aromatic N) is 1. The molecule has 0 spiro atoms. The minimum Gasteiger partial charge on any atom is -0.495 e. The van der Waals surface area contributed by atoms with E-state index in [1.165, 1.54) is 6.20 Å². The number of methoxy groups -OCH3 is 2. The van der Waals surface area contributed by atoms with Gasteiger partial charge in [0.05, 0.1) is 30.5 Å². The summed E-state index contributed by atoms with van der Waals surface area (Å²) in [6.07, 6.45) is 3.14. The van der Waals surface area contributed by atoms with Crippen LogP contribution in [0.3, 0.4) is 0 Å². The summed E-state index contributed by atoms with van der Waals surface area (Å²) >= 11 is 6.13. The van der Waals surface area contributed by atoms with Crippen LogP contribution in [0.1, 0.15) is 10.4 Å². The lowest BCUT2D eigenvalue weighted by atomic mass is 10.2. The number of halogens is 1. The third-order valence-electron chi connectivity index (χ3n) is 3.82. The Bertz CT molecular complexity index is 931. The van der Waals surface area contributed by atoms with Crippen LogP contribution in [0.2, 0.25) is 5.02 Å². The average molecular weight is 384 g/mol. The average Bonchev–Trinajstić information content (AvgIpc) is 2.71. The fourth-order valence-electron chi connectivity index (χ4n) is 2.45. The molecule has 3 aromatic rings. The second-order valence-electron chi connectivity index (χ2n) is 5.59. The Balaban J connectivity index is 1.74. The van der Waals surface area contributed by atoms with Crippen molar-refractivity contribution in [2.45, 2.75) is 0 Å². The molecule has 3 rings (SSSR count). The zero-order valence-corrected chi connectivity index (χ0v) is 15.6. The molecule has 0 aliphatic rings. The maximum absolute atomic E-state index is 12.2. The van der Waals surface area contributed by atoms with E-state index >= 15 is 0 Å². The number of pyridine rings is 1. The molecule has 7 heteroatoms. The van der Waals surface area contributed by atoms with E-state index in [4.69, 9.17) is 21.1 Å². The lowest BCUT2D eigenvalue weighted by Crippen LogP contribution is -2.11. The van der Waals surface area contributed by atoms with Gasteiger partial charge in [-0.25, -0.2) is 0 Å². The maximum Gasteiger partial charge on any atom is 0.257 e. The third-order valence-corrected chi connectivity index (χ3v) is 4.11. The first-order chi connectivity index (χ1) is 13.1. The van der Waals surface area contributed by atoms with Gasteiger partial charge in [0.2, 0.25) is 0 Å². The number of ether oxygens (including phenoxy) is 2. The highest BCUT2D eigenvalue weighted by Crippen LogP contribution is 2.37. The second-order valence-corrected chi connectivity index (χ2v) is 5.99. The molecule has 1 amide bonds. The van der Waals surface area contributed by atoms with Crippen LogP contribution >= 0.6 is 11.6 Å². The van der Waals surface area contributed by atoms with Crippen molar-refractivity contribution in [3.63, 3.8) is 0 Å². The van der Waals surface area contributed by atoms with Crippen molar-refractivity contribution >= 4 is 34.6 Å². The van der Waals surface area contributed by atoms with Crippen molar-refractivity contribution in [3.05, 3.63) is 71.5 Å². The summed E-state index contributed by atoms with van der Waals surface area (Å²) in [5.74, 6) is 0.919. The fourth-order valence-corrected chi connectivity index (χ4v) is 2.68. The standard InChI is InChI=1S/C20H18ClN3O3/c1-26-18-11-17(19(27-2)10-16(18)21)23-14-5-7-15(8-6-14)24-20(25)13-4-3-9-22-12-13/h3-12,23H,1-2H3,(H,24,25). The lowest BCUT2D eigenvalue weighted by Gasteiger charge is -2.14. The van der Waals surface area contributed by atoms with E-state index in [-0.39, 0.29) is 5.91 Å². The summed E-state index contributed by atoms with van der Waals surface area (Å²) in [6, 6.07) is 14.2. The van der Waals surface area contributed by atoms with Crippen molar-refractivity contribution in [3.8, 4) is 11.5 Å². The Morgan fingerprint density at radius 3 is 2.33 bits per heavy atom. The summed E-state index contributed by atoms with van der Waals surface area (Å²) in [4.78, 5) is 16.1. The molecule has 0 radical (unpaired) electrons. The smallest absolute Gasteiger partial charge is 0.257 e. The van der Waals surface area contributed by atoms with Crippen LogP contribution in [-0.2, 0) is 0 Å². The number of hydrogen-bond donors (Lipinski definition) is 2. The number of rotatable bonds is 6. The lowest BCUT2D eigenvalue weighted by molar-refractivity contribution is 0.102. The highest BCUT2D eigenvalue weighted by molar-refractivity contribution is 6.32. The molecule has 138 valence electrons. The molecule has 2 aromatic carbocycles. The molecule has 0 aliphatic heterocycles. The van der Waals surface area contributed by atoms with Crippen LogP contribution in [0.5, 0.6) is 11.5 Å². The van der Waals surface area contributed by atoms with Gasteiger partial charge in [0.1, 0.15) is 11.5 Å². The Labute approximate surface area is 162 Å². The Hall–Kier alpha value is -3.25. The molecular weight excluding hydrogens is 366 g/mol. The predicted molar refractivity (Wildman–Crippen MR) is 106 cm³/mol. The number of anilines is 3. The number of nitrogens with one attached hydrogen (secondary N) is 2. The zero-order valence-electron chi connectivity index (χ0n) is 14.8. The minimum absolute atomic E-state index is 0.215. The SMILES string of the molecule is COc1cc(Nc2ccc(NC(=O)c3cccnc3)cc2)c(OC)cc1Cl. The zero-order chi connectivity index (χ0) is 19.2. The van der Waals surface area contributed by atoms with E-state index in [0.29, 0.717) is 33.5 Å². The summed E-state index contributed by atoms with van der Waals surface area (Å²) in [6.45, 7) is 0. The van der Waals surface area contributed by atoms with Gasteiger partial charge in [-0.1, -0.05) is 11.6 Å². The maximum atomic E-state index is 12.2. The first kappa shape index (κ1) is 18.5. The molecule has 0 aliphatic carbocycles. The van der Waals surface area contributed by atoms with Crippen LogP contribution in [0.25, 0.3) is 0 Å². The summed E-state index contributed by atoms with van der Waals surface area (Å²) in [5.41, 5.74) is 2.70. The van der Waals surface area contributed by atoms with Gasteiger partial charge in [-0.15, -0.1) is 0 Å². The molecule has 1 aromatic heterocycles. The molecule has 2 N–H and O–H groups in total. The Morgan fingerprint density at radius 1 is 1.00 bits per heavy atom. The quantitative estimate of drug-likeness (QED) is 0.642. The van der Waals surface area contributed by atoms with Gasteiger partial charge in [-0.05, 0) is 36.4 Å². The molecule has 0 saturated heterocycles. The minimum atomic E-state index is -0.215. The third kappa shape index (κ3) is 4.48. The topological polar surface area (TPSA) is 72.5 Å². The van der Waals surface area contributed by atoms with Crippen LogP contribution in [0, 0.1) is 0 Å². The van der Waals surface area contributed by atoms with Gasteiger partial charge in [0.15, 0.2) is 0 Å². The fraction of sp³-hybridized carbons (Fsp3) is 0.100. The van der Waals surface area contributed by atoms with Crippen molar-refractivity contribution in [1.29, 1.82) is 0 Å². The van der Waals surface area contributed by atoms with Crippen molar-refractivity contribution in [1.82, 2.24) is 4.98 Å². The number of amides is 1. The number of hydrogen-bond acceptors (Lipinski definition) is 5. The molecule has 0 fully saturated rings. The number of benzene rings is 2. The monoisotopic (exact) mass is 383 g/mol. The highest BCUT2D eigenvalue weighted by atomic mass is 35.5. The van der Waals surface area contributed by atoms with Crippen molar-refractivity contribution in [2.75, 3.05) is 24.9 Å². The van der Waals surface area contributed by atoms with E-state index in [0.717, 1.165) is 5.69 Å². The molecule has 0 saturated carbocycles. The molecule has 27 heavy (non-hydrogen) atoms. The molecule has 0 unspecified atom stereocenters. The van der Waals surface area contributed by atoms with E-state index in [1.807, 2.05) is 12.1 Å². The van der Waals surface area contributed by atoms with Crippen LogP contribution in [0.4, 0.5) is 17.1 Å². The van der Waals surface area contributed by atoms with Gasteiger partial charge >= 0.3 is 0 Å². The molecule has 0 atom stereocenters. The van der Waals surface area contributed by atoms with Gasteiger partial charge in [0.25, 0.3) is 5.91 Å². The molecule has 6 nitrogen and oxygen atoms in total. The molecular formula is C20H18ClN3O3. The van der Waals surface area contributed by atoms with Crippen molar-refractivity contribution < 1.29 is 14.3 Å². The first-order valence-electron chi connectivity index (χ1n) is 8.10. The summed E-state index contributed by atoms with van der Waals surface area (Å²) in [7, 11) is 3.12. The van der Waals surface area contributed by atoms with Gasteiger partial charge in [-0.3, -0.25) is 9.78 Å². The van der Waals surface area contributed by atoms with Crippen LogP contribution < -0.4 is 20.1 Å². The molecule has 0 bridgehead atoms. The number of carbonyl (C=O) groups excluding carboxylic acids is 1. The van der Waals surface area contributed by atoms with E-state index < -0.39 is 0 Å². The van der Waals surface area contributed by atoms with Gasteiger partial charge in [0, 0.05) is 35.9 Å². The van der Waals surface area contributed by atoms with Gasteiger partial charge in [-0.2, -0.15) is 0 Å². The Morgan fingerprint density at radius 2 is 1.70 bits per heavy atom. The van der Waals surface area contributed by atoms with Crippen LogP contribution in [0.15, 0.2) is 60.9 Å². The highest BCUT2D eigenvalue weighted by Gasteiger charge is 2.11. The largest absolute Gasteiger partial charge is 0.495 e. The normalized spacial score (nSPS) is 10.2. The van der Waals surface area contributed by atoms with Gasteiger partial charge < -0.3 is 20.1 Å². The van der Waals surface area contributed by atoms with E-state index in [9.17, 15) is 4.79 Å². The second kappa shape index (κ2) is 8.42.